The zero-order valence-electron chi connectivity index (χ0n) is 12.1. The van der Waals surface area contributed by atoms with Gasteiger partial charge in [-0.05, 0) is 27.7 Å². The first kappa shape index (κ1) is 15.0. The molecule has 5 heteroatoms. The van der Waals surface area contributed by atoms with Crippen molar-refractivity contribution in [2.75, 3.05) is 0 Å². The van der Waals surface area contributed by atoms with Gasteiger partial charge in [-0.2, -0.15) is 0 Å². The monoisotopic (exact) mass is 257 g/mol. The van der Waals surface area contributed by atoms with Gasteiger partial charge in [0.15, 0.2) is 0 Å². The minimum Gasteiger partial charge on any atom is -0.462 e. The van der Waals surface area contributed by atoms with Gasteiger partial charge < -0.3 is 9.57 Å². The van der Waals surface area contributed by atoms with E-state index in [1.807, 2.05) is 27.7 Å². The molecular weight excluding hydrogens is 234 g/mol. The molecule has 0 amide bonds. The highest BCUT2D eigenvalue weighted by molar-refractivity contribution is 5.66. The molecule has 0 saturated carbocycles. The average Bonchev–Trinajstić information content (AvgIpc) is 2.08. The van der Waals surface area contributed by atoms with E-state index in [0.717, 1.165) is 0 Å². The van der Waals surface area contributed by atoms with Crippen molar-refractivity contribution >= 4 is 11.9 Å². The average molecular weight is 257 g/mol. The molecule has 1 fully saturated rings. The second kappa shape index (κ2) is 4.88. The van der Waals surface area contributed by atoms with Crippen molar-refractivity contribution in [2.45, 2.75) is 71.6 Å². The normalized spacial score (nSPS) is 23.4. The molecule has 0 N–H and O–H groups in total. The van der Waals surface area contributed by atoms with Gasteiger partial charge in [-0.1, -0.05) is 0 Å². The number of hydrogen-bond acceptors (Lipinski definition) is 5. The van der Waals surface area contributed by atoms with Crippen LogP contribution in [0.5, 0.6) is 0 Å². The largest absolute Gasteiger partial charge is 0.462 e. The van der Waals surface area contributed by atoms with E-state index in [0.29, 0.717) is 12.8 Å². The first-order valence-electron chi connectivity index (χ1n) is 6.21. The molecule has 18 heavy (non-hydrogen) atoms. The van der Waals surface area contributed by atoms with Crippen LogP contribution in [0.25, 0.3) is 0 Å². The highest BCUT2D eigenvalue weighted by atomic mass is 16.7. The Morgan fingerprint density at radius 3 is 1.78 bits per heavy atom. The van der Waals surface area contributed by atoms with E-state index in [2.05, 4.69) is 0 Å². The lowest BCUT2D eigenvalue weighted by Crippen LogP contribution is -2.62. The standard InChI is InChI=1S/C13H23NO4/c1-9(15)17-11-7-12(3,4)14(18-10(2)16)13(5,6)8-11/h11H,7-8H2,1-6H3. The molecule has 1 aliphatic rings. The molecule has 1 aliphatic heterocycles. The van der Waals surface area contributed by atoms with Gasteiger partial charge in [0.05, 0.1) is 11.1 Å². The second-order valence-corrected chi connectivity index (χ2v) is 6.14. The summed E-state index contributed by atoms with van der Waals surface area (Å²) in [6.07, 6.45) is 1.14. The predicted octanol–water partition coefficient (Wildman–Crippen LogP) is 2.05. The molecule has 104 valence electrons. The van der Waals surface area contributed by atoms with Crippen LogP contribution in [0.4, 0.5) is 0 Å². The Morgan fingerprint density at radius 1 is 1.00 bits per heavy atom. The van der Waals surface area contributed by atoms with Crippen molar-refractivity contribution in [1.82, 2.24) is 5.06 Å². The Bertz CT molecular complexity index is 331. The minimum atomic E-state index is -0.368. The lowest BCUT2D eigenvalue weighted by molar-refractivity contribution is -0.275. The van der Waals surface area contributed by atoms with Crippen molar-refractivity contribution < 1.29 is 19.2 Å². The molecular formula is C13H23NO4. The first-order chi connectivity index (χ1) is 8.04. The smallest absolute Gasteiger partial charge is 0.322 e. The van der Waals surface area contributed by atoms with Gasteiger partial charge in [0.1, 0.15) is 6.10 Å². The number of ether oxygens (including phenoxy) is 1. The molecule has 0 aliphatic carbocycles. The number of hydrogen-bond donors (Lipinski definition) is 0. The number of carbonyl (C=O) groups excluding carboxylic acids is 2. The zero-order chi connectivity index (χ0) is 14.1. The summed E-state index contributed by atoms with van der Waals surface area (Å²) in [5, 5.41) is 1.72. The maximum Gasteiger partial charge on any atom is 0.322 e. The Balaban J connectivity index is 2.90. The summed E-state index contributed by atoms with van der Waals surface area (Å²) >= 11 is 0. The topological polar surface area (TPSA) is 55.8 Å². The van der Waals surface area contributed by atoms with Crippen LogP contribution < -0.4 is 0 Å². The zero-order valence-corrected chi connectivity index (χ0v) is 12.1. The molecule has 0 aromatic heterocycles. The molecule has 5 nitrogen and oxygen atoms in total. The predicted molar refractivity (Wildman–Crippen MR) is 66.6 cm³/mol. The van der Waals surface area contributed by atoms with Crippen LogP contribution in [-0.2, 0) is 19.2 Å². The van der Waals surface area contributed by atoms with Crippen LogP contribution in [0.2, 0.25) is 0 Å². The summed E-state index contributed by atoms with van der Waals surface area (Å²) in [5.41, 5.74) is -0.735. The Labute approximate surface area is 108 Å². The van der Waals surface area contributed by atoms with Gasteiger partial charge in [-0.25, -0.2) is 0 Å². The number of piperidine rings is 1. The van der Waals surface area contributed by atoms with Gasteiger partial charge in [0.2, 0.25) is 0 Å². The van der Waals surface area contributed by atoms with E-state index < -0.39 is 0 Å². The molecule has 0 unspecified atom stereocenters. The van der Waals surface area contributed by atoms with E-state index in [4.69, 9.17) is 9.57 Å². The van der Waals surface area contributed by atoms with Crippen LogP contribution in [0.1, 0.15) is 54.4 Å². The highest BCUT2D eigenvalue weighted by Crippen LogP contribution is 2.39. The SMILES string of the molecule is CC(=O)OC1CC(C)(C)N(OC(C)=O)C(C)(C)C1. The van der Waals surface area contributed by atoms with Gasteiger partial charge in [0.25, 0.3) is 0 Å². The Kier molecular flexibility index (Phi) is 4.05. The van der Waals surface area contributed by atoms with Crippen LogP contribution >= 0.6 is 0 Å². The number of carbonyl (C=O) groups is 2. The summed E-state index contributed by atoms with van der Waals surface area (Å²) in [6.45, 7) is 10.7. The third-order valence-electron chi connectivity index (χ3n) is 3.11. The molecule has 0 spiro atoms. The number of rotatable bonds is 2. The summed E-state index contributed by atoms with van der Waals surface area (Å²) in [6, 6.07) is 0. The lowest BCUT2D eigenvalue weighted by atomic mass is 9.80. The summed E-state index contributed by atoms with van der Waals surface area (Å²) < 4.78 is 5.31. The fourth-order valence-corrected chi connectivity index (χ4v) is 2.87. The van der Waals surface area contributed by atoms with E-state index in [1.165, 1.54) is 13.8 Å². The van der Waals surface area contributed by atoms with Crippen molar-refractivity contribution in [3.05, 3.63) is 0 Å². The lowest BCUT2D eigenvalue weighted by Gasteiger charge is -2.52. The maximum absolute atomic E-state index is 11.2. The maximum atomic E-state index is 11.2. The van der Waals surface area contributed by atoms with E-state index in [9.17, 15) is 9.59 Å². The first-order valence-corrected chi connectivity index (χ1v) is 6.21. The molecule has 1 saturated heterocycles. The Morgan fingerprint density at radius 2 is 1.44 bits per heavy atom. The van der Waals surface area contributed by atoms with E-state index >= 15 is 0 Å². The molecule has 0 bridgehead atoms. The second-order valence-electron chi connectivity index (χ2n) is 6.14. The van der Waals surface area contributed by atoms with Crippen molar-refractivity contribution in [3.8, 4) is 0 Å². The van der Waals surface area contributed by atoms with Crippen LogP contribution in [0.3, 0.4) is 0 Å². The third-order valence-corrected chi connectivity index (χ3v) is 3.11. The van der Waals surface area contributed by atoms with Gasteiger partial charge in [0, 0.05) is 26.7 Å². The van der Waals surface area contributed by atoms with Crippen LogP contribution in [-0.4, -0.2) is 34.2 Å². The number of nitrogens with zero attached hydrogens (tertiary/aromatic N) is 1. The fraction of sp³-hybridized carbons (Fsp3) is 0.846. The highest BCUT2D eigenvalue weighted by Gasteiger charge is 2.48. The number of hydroxylamine groups is 2. The fourth-order valence-electron chi connectivity index (χ4n) is 2.87. The van der Waals surface area contributed by atoms with E-state index in [-0.39, 0.29) is 29.1 Å². The molecule has 1 heterocycles. The van der Waals surface area contributed by atoms with Crippen molar-refractivity contribution in [3.63, 3.8) is 0 Å². The summed E-state index contributed by atoms with van der Waals surface area (Å²) in [5.74, 6) is -0.602. The van der Waals surface area contributed by atoms with Gasteiger partial charge >= 0.3 is 11.9 Å². The summed E-state index contributed by atoms with van der Waals surface area (Å²) in [7, 11) is 0. The molecule has 0 atom stereocenters. The third kappa shape index (κ3) is 3.45. The molecule has 0 aromatic rings. The van der Waals surface area contributed by atoms with E-state index in [1.54, 1.807) is 5.06 Å². The van der Waals surface area contributed by atoms with Gasteiger partial charge in [-0.15, -0.1) is 5.06 Å². The molecule has 0 radical (unpaired) electrons. The Hall–Kier alpha value is -1.10. The molecule has 0 aromatic carbocycles. The molecule has 1 rings (SSSR count). The number of esters is 1. The van der Waals surface area contributed by atoms with Gasteiger partial charge in [-0.3, -0.25) is 9.59 Å². The quantitative estimate of drug-likeness (QED) is 0.709. The van der Waals surface area contributed by atoms with Crippen molar-refractivity contribution in [1.29, 1.82) is 0 Å². The van der Waals surface area contributed by atoms with Crippen LogP contribution in [0.15, 0.2) is 0 Å². The van der Waals surface area contributed by atoms with Crippen LogP contribution in [0, 0.1) is 0 Å². The minimum absolute atomic E-state index is 0.140. The van der Waals surface area contributed by atoms with Crippen molar-refractivity contribution in [2.24, 2.45) is 0 Å². The summed E-state index contributed by atoms with van der Waals surface area (Å²) in [4.78, 5) is 27.6.